The van der Waals surface area contributed by atoms with Crippen LogP contribution in [0.25, 0.3) is 0 Å². The van der Waals surface area contributed by atoms with Gasteiger partial charge in [0.25, 0.3) is 0 Å². The summed E-state index contributed by atoms with van der Waals surface area (Å²) in [5.41, 5.74) is 2.28. The molecule has 2 aromatic rings. The molecule has 0 aliphatic carbocycles. The maximum absolute atomic E-state index is 11.0. The highest BCUT2D eigenvalue weighted by Crippen LogP contribution is 2.25. The van der Waals surface area contributed by atoms with Gasteiger partial charge in [-0.1, -0.05) is 41.1 Å². The molecule has 1 atom stereocenters. The maximum Gasteiger partial charge on any atom is 0.335 e. The second-order valence-electron chi connectivity index (χ2n) is 4.55. The third-order valence-corrected chi connectivity index (χ3v) is 3.60. The average molecular weight is 334 g/mol. The standard InChI is InChI=1S/C16H16BrNO2/c1-2-15(11-5-3-7-13(17)9-11)18-14-8-4-6-12(10-14)16(19)20/h3-10,15,18H,2H2,1H3,(H,19,20). The van der Waals surface area contributed by atoms with E-state index in [0.29, 0.717) is 5.56 Å². The van der Waals surface area contributed by atoms with Crippen molar-refractivity contribution in [1.29, 1.82) is 0 Å². The summed E-state index contributed by atoms with van der Waals surface area (Å²) >= 11 is 3.47. The molecule has 0 amide bonds. The highest BCUT2D eigenvalue weighted by molar-refractivity contribution is 9.10. The summed E-state index contributed by atoms with van der Waals surface area (Å²) in [4.78, 5) is 11.0. The first kappa shape index (κ1) is 14.6. The number of carbonyl (C=O) groups is 1. The Kier molecular flexibility index (Phi) is 4.79. The number of carboxylic acids is 1. The van der Waals surface area contributed by atoms with Crippen molar-refractivity contribution in [2.75, 3.05) is 5.32 Å². The van der Waals surface area contributed by atoms with Gasteiger partial charge in [-0.2, -0.15) is 0 Å². The fraction of sp³-hybridized carbons (Fsp3) is 0.188. The molecule has 0 spiro atoms. The summed E-state index contributed by atoms with van der Waals surface area (Å²) in [5.74, 6) is -0.913. The molecule has 2 N–H and O–H groups in total. The molecular formula is C16H16BrNO2. The average Bonchev–Trinajstić information content (AvgIpc) is 2.45. The number of benzene rings is 2. The van der Waals surface area contributed by atoms with Crippen molar-refractivity contribution in [2.45, 2.75) is 19.4 Å². The summed E-state index contributed by atoms with van der Waals surface area (Å²) in [7, 11) is 0. The van der Waals surface area contributed by atoms with Gasteiger partial charge >= 0.3 is 5.97 Å². The Bertz CT molecular complexity index is 613. The van der Waals surface area contributed by atoms with Crippen LogP contribution in [0, 0.1) is 0 Å². The number of anilines is 1. The number of halogens is 1. The van der Waals surface area contributed by atoms with Gasteiger partial charge in [0.05, 0.1) is 11.6 Å². The molecule has 1 unspecified atom stereocenters. The summed E-state index contributed by atoms with van der Waals surface area (Å²) < 4.78 is 1.04. The summed E-state index contributed by atoms with van der Waals surface area (Å²) in [5, 5.41) is 12.4. The van der Waals surface area contributed by atoms with Crippen LogP contribution in [0.1, 0.15) is 35.3 Å². The van der Waals surface area contributed by atoms with Gasteiger partial charge in [0.15, 0.2) is 0 Å². The SMILES string of the molecule is CCC(Nc1cccc(C(=O)O)c1)c1cccc(Br)c1. The monoisotopic (exact) mass is 333 g/mol. The van der Waals surface area contributed by atoms with E-state index in [1.54, 1.807) is 18.2 Å². The van der Waals surface area contributed by atoms with Crippen LogP contribution in [0.15, 0.2) is 53.0 Å². The Labute approximate surface area is 126 Å². The Morgan fingerprint density at radius 2 is 2.00 bits per heavy atom. The molecule has 0 aliphatic heterocycles. The quantitative estimate of drug-likeness (QED) is 0.832. The van der Waals surface area contributed by atoms with Crippen molar-refractivity contribution in [3.8, 4) is 0 Å². The van der Waals surface area contributed by atoms with E-state index in [2.05, 4.69) is 40.3 Å². The van der Waals surface area contributed by atoms with E-state index in [-0.39, 0.29) is 6.04 Å². The fourth-order valence-electron chi connectivity index (χ4n) is 2.09. The summed E-state index contributed by atoms with van der Waals surface area (Å²) in [6.45, 7) is 2.10. The van der Waals surface area contributed by atoms with Gasteiger partial charge in [0, 0.05) is 10.2 Å². The molecule has 0 aliphatic rings. The molecule has 0 heterocycles. The molecule has 104 valence electrons. The third-order valence-electron chi connectivity index (χ3n) is 3.11. The lowest BCUT2D eigenvalue weighted by Gasteiger charge is -2.19. The predicted octanol–water partition coefficient (Wildman–Crippen LogP) is 4.71. The predicted molar refractivity (Wildman–Crippen MR) is 84.2 cm³/mol. The molecule has 0 fully saturated rings. The molecule has 4 heteroatoms. The van der Waals surface area contributed by atoms with E-state index in [0.717, 1.165) is 16.6 Å². The van der Waals surface area contributed by atoms with Crippen LogP contribution in [0.5, 0.6) is 0 Å². The van der Waals surface area contributed by atoms with E-state index < -0.39 is 5.97 Å². The number of rotatable bonds is 5. The third kappa shape index (κ3) is 3.61. The van der Waals surface area contributed by atoms with Gasteiger partial charge in [-0.05, 0) is 42.3 Å². The molecule has 3 nitrogen and oxygen atoms in total. The molecule has 20 heavy (non-hydrogen) atoms. The first-order valence-corrected chi connectivity index (χ1v) is 7.25. The van der Waals surface area contributed by atoms with Gasteiger partial charge in [-0.25, -0.2) is 4.79 Å². The second-order valence-corrected chi connectivity index (χ2v) is 5.46. The molecule has 0 saturated heterocycles. The lowest BCUT2D eigenvalue weighted by atomic mass is 10.0. The van der Waals surface area contributed by atoms with Gasteiger partial charge in [-0.15, -0.1) is 0 Å². The zero-order valence-corrected chi connectivity index (χ0v) is 12.7. The number of carboxylic acid groups (broad SMARTS) is 1. The van der Waals surface area contributed by atoms with E-state index in [1.807, 2.05) is 18.2 Å². The molecular weight excluding hydrogens is 318 g/mol. The van der Waals surface area contributed by atoms with E-state index in [1.165, 1.54) is 5.56 Å². The largest absolute Gasteiger partial charge is 0.478 e. The van der Waals surface area contributed by atoms with Crippen LogP contribution in [-0.4, -0.2) is 11.1 Å². The van der Waals surface area contributed by atoms with Crippen molar-refractivity contribution < 1.29 is 9.90 Å². The van der Waals surface area contributed by atoms with Gasteiger partial charge in [0.2, 0.25) is 0 Å². The molecule has 0 radical (unpaired) electrons. The molecule has 0 aromatic heterocycles. The topological polar surface area (TPSA) is 49.3 Å². The van der Waals surface area contributed by atoms with Crippen LogP contribution in [0.4, 0.5) is 5.69 Å². The minimum atomic E-state index is -0.913. The summed E-state index contributed by atoms with van der Waals surface area (Å²) in [6.07, 6.45) is 0.910. The van der Waals surface area contributed by atoms with Crippen molar-refractivity contribution >= 4 is 27.6 Å². The second kappa shape index (κ2) is 6.57. The van der Waals surface area contributed by atoms with Crippen LogP contribution >= 0.6 is 15.9 Å². The minimum absolute atomic E-state index is 0.150. The molecule has 2 aromatic carbocycles. The zero-order valence-electron chi connectivity index (χ0n) is 11.1. The van der Waals surface area contributed by atoms with Gasteiger partial charge in [0.1, 0.15) is 0 Å². The van der Waals surface area contributed by atoms with Crippen LogP contribution in [-0.2, 0) is 0 Å². The smallest absolute Gasteiger partial charge is 0.335 e. The van der Waals surface area contributed by atoms with Crippen LogP contribution < -0.4 is 5.32 Å². The van der Waals surface area contributed by atoms with Crippen LogP contribution in [0.3, 0.4) is 0 Å². The Morgan fingerprint density at radius 3 is 2.65 bits per heavy atom. The van der Waals surface area contributed by atoms with Crippen molar-refractivity contribution in [3.63, 3.8) is 0 Å². The van der Waals surface area contributed by atoms with E-state index in [9.17, 15) is 4.79 Å². The lowest BCUT2D eigenvalue weighted by molar-refractivity contribution is 0.0697. The number of hydrogen-bond acceptors (Lipinski definition) is 2. The number of aromatic carboxylic acids is 1. The van der Waals surface area contributed by atoms with E-state index >= 15 is 0 Å². The highest BCUT2D eigenvalue weighted by Gasteiger charge is 2.10. The normalized spacial score (nSPS) is 11.9. The first-order chi connectivity index (χ1) is 9.60. The lowest BCUT2D eigenvalue weighted by Crippen LogP contribution is -2.10. The molecule has 0 saturated carbocycles. The van der Waals surface area contributed by atoms with Gasteiger partial charge < -0.3 is 10.4 Å². The minimum Gasteiger partial charge on any atom is -0.478 e. The van der Waals surface area contributed by atoms with E-state index in [4.69, 9.17) is 5.11 Å². The molecule has 0 bridgehead atoms. The maximum atomic E-state index is 11.0. The molecule has 2 rings (SSSR count). The zero-order chi connectivity index (χ0) is 14.5. The Balaban J connectivity index is 2.22. The fourth-order valence-corrected chi connectivity index (χ4v) is 2.50. The number of nitrogens with one attached hydrogen (secondary N) is 1. The summed E-state index contributed by atoms with van der Waals surface area (Å²) in [6, 6.07) is 15.1. The Morgan fingerprint density at radius 1 is 1.25 bits per heavy atom. The van der Waals surface area contributed by atoms with Gasteiger partial charge in [-0.3, -0.25) is 0 Å². The van der Waals surface area contributed by atoms with Crippen molar-refractivity contribution in [3.05, 3.63) is 64.1 Å². The van der Waals surface area contributed by atoms with Crippen LogP contribution in [0.2, 0.25) is 0 Å². The Hall–Kier alpha value is -1.81. The highest BCUT2D eigenvalue weighted by atomic mass is 79.9. The first-order valence-electron chi connectivity index (χ1n) is 6.45. The van der Waals surface area contributed by atoms with Crippen molar-refractivity contribution in [2.24, 2.45) is 0 Å². The number of hydrogen-bond donors (Lipinski definition) is 2. The van der Waals surface area contributed by atoms with Crippen molar-refractivity contribution in [1.82, 2.24) is 0 Å².